The van der Waals surface area contributed by atoms with Gasteiger partial charge in [0.25, 0.3) is 5.91 Å². The van der Waals surface area contributed by atoms with Gasteiger partial charge in [-0.25, -0.2) is 4.68 Å². The van der Waals surface area contributed by atoms with Crippen LogP contribution in [0.15, 0.2) is 16.8 Å². The van der Waals surface area contributed by atoms with Gasteiger partial charge in [-0.1, -0.05) is 17.3 Å². The lowest BCUT2D eigenvalue weighted by Crippen LogP contribution is -2.60. The van der Waals surface area contributed by atoms with Gasteiger partial charge in [-0.2, -0.15) is 0 Å². The number of carbonyl (C=O) groups excluding carboxylic acids is 5. The van der Waals surface area contributed by atoms with E-state index in [4.69, 9.17) is 28.2 Å². The minimum Gasteiger partial charge on any atom is -0.463 e. The largest absolute Gasteiger partial charge is 0.463 e. The molecule has 1 N–H and O–H groups in total. The second kappa shape index (κ2) is 12.9. The first-order valence-electron chi connectivity index (χ1n) is 11.9. The number of rotatable bonds is 10. The minimum atomic E-state index is -1.36. The zero-order valence-corrected chi connectivity index (χ0v) is 21.9. The third-order valence-electron chi connectivity index (χ3n) is 5.35. The van der Waals surface area contributed by atoms with Crippen molar-refractivity contribution in [1.82, 2.24) is 25.5 Å². The molecule has 16 heteroatoms. The highest BCUT2D eigenvalue weighted by Gasteiger charge is 2.53. The van der Waals surface area contributed by atoms with Gasteiger partial charge in [-0.05, 0) is 0 Å². The van der Waals surface area contributed by atoms with Crippen molar-refractivity contribution in [3.05, 3.63) is 29.4 Å². The van der Waals surface area contributed by atoms with Crippen molar-refractivity contribution in [3.8, 4) is 0 Å². The summed E-state index contributed by atoms with van der Waals surface area (Å²) in [7, 11) is 0. The van der Waals surface area contributed by atoms with Crippen molar-refractivity contribution in [2.24, 2.45) is 0 Å². The van der Waals surface area contributed by atoms with E-state index in [2.05, 4.69) is 20.8 Å². The predicted octanol–water partition coefficient (Wildman–Crippen LogP) is 0.0141. The number of amides is 1. The van der Waals surface area contributed by atoms with Crippen molar-refractivity contribution in [2.45, 2.75) is 78.2 Å². The molecular formula is C23H29N5O11. The van der Waals surface area contributed by atoms with Crippen LogP contribution in [0.3, 0.4) is 0 Å². The van der Waals surface area contributed by atoms with Crippen LogP contribution < -0.4 is 5.32 Å². The molecule has 0 saturated carbocycles. The van der Waals surface area contributed by atoms with Crippen LogP contribution in [-0.4, -0.2) is 81.0 Å². The lowest BCUT2D eigenvalue weighted by Gasteiger charge is -2.44. The first kappa shape index (κ1) is 29.2. The number of carbonyl (C=O) groups is 5. The molecule has 3 rings (SSSR count). The van der Waals surface area contributed by atoms with Crippen LogP contribution in [0.5, 0.6) is 0 Å². The van der Waals surface area contributed by atoms with E-state index in [9.17, 15) is 24.0 Å². The third kappa shape index (κ3) is 7.83. The maximum Gasteiger partial charge on any atom is 0.303 e. The number of aryl methyl sites for hydroxylation is 1. The van der Waals surface area contributed by atoms with Crippen LogP contribution in [-0.2, 0) is 55.8 Å². The van der Waals surface area contributed by atoms with Gasteiger partial charge in [-0.15, -0.1) is 5.10 Å². The van der Waals surface area contributed by atoms with Crippen LogP contribution in [0.25, 0.3) is 0 Å². The summed E-state index contributed by atoms with van der Waals surface area (Å²) in [5.41, 5.74) is 0.384. The molecule has 0 radical (unpaired) electrons. The van der Waals surface area contributed by atoms with E-state index in [1.165, 1.54) is 23.9 Å². The summed E-state index contributed by atoms with van der Waals surface area (Å²) < 4.78 is 33.4. The molecule has 0 aromatic carbocycles. The smallest absolute Gasteiger partial charge is 0.303 e. The van der Waals surface area contributed by atoms with Crippen molar-refractivity contribution in [2.75, 3.05) is 6.61 Å². The number of nitrogens with zero attached hydrogens (tertiary/aromatic N) is 4. The average Bonchev–Trinajstić information content (AvgIpc) is 3.53. The number of hydrogen-bond donors (Lipinski definition) is 1. The fourth-order valence-electron chi connectivity index (χ4n) is 3.79. The van der Waals surface area contributed by atoms with Gasteiger partial charge in [0.15, 0.2) is 30.2 Å². The van der Waals surface area contributed by atoms with E-state index >= 15 is 0 Å². The predicted molar refractivity (Wildman–Crippen MR) is 124 cm³/mol. The Morgan fingerprint density at radius 1 is 0.949 bits per heavy atom. The fourth-order valence-corrected chi connectivity index (χ4v) is 3.79. The summed E-state index contributed by atoms with van der Waals surface area (Å²) in [4.78, 5) is 59.6. The zero-order valence-electron chi connectivity index (χ0n) is 21.9. The second-order valence-corrected chi connectivity index (χ2v) is 8.49. The monoisotopic (exact) mass is 551 g/mol. The summed E-state index contributed by atoms with van der Waals surface area (Å²) in [6, 6.07) is 1.52. The van der Waals surface area contributed by atoms with Gasteiger partial charge in [0.2, 0.25) is 0 Å². The van der Waals surface area contributed by atoms with Crippen LogP contribution in [0.1, 0.15) is 62.8 Å². The molecule has 2 aromatic heterocycles. The van der Waals surface area contributed by atoms with Gasteiger partial charge in [-0.3, -0.25) is 24.0 Å². The van der Waals surface area contributed by atoms with Crippen LogP contribution in [0.2, 0.25) is 0 Å². The lowest BCUT2D eigenvalue weighted by molar-refractivity contribution is -0.270. The quantitative estimate of drug-likeness (QED) is 0.306. The molecule has 5 atom stereocenters. The van der Waals surface area contributed by atoms with Crippen molar-refractivity contribution < 1.29 is 52.2 Å². The highest BCUT2D eigenvalue weighted by Crippen LogP contribution is 2.34. The molecule has 1 aliphatic rings. The molecular weight excluding hydrogens is 522 g/mol. The Morgan fingerprint density at radius 3 is 2.18 bits per heavy atom. The summed E-state index contributed by atoms with van der Waals surface area (Å²) in [6.45, 7) is 5.96. The number of aromatic nitrogens is 4. The van der Waals surface area contributed by atoms with E-state index in [-0.39, 0.29) is 24.5 Å². The molecule has 212 valence electrons. The van der Waals surface area contributed by atoms with Crippen LogP contribution in [0, 0.1) is 0 Å². The molecule has 16 nitrogen and oxygen atoms in total. The Morgan fingerprint density at radius 2 is 1.59 bits per heavy atom. The maximum atomic E-state index is 12.4. The number of ether oxygens (including phenoxy) is 5. The highest BCUT2D eigenvalue weighted by molar-refractivity contribution is 5.92. The van der Waals surface area contributed by atoms with Gasteiger partial charge in [0.05, 0.1) is 12.7 Å². The number of esters is 4. The minimum absolute atomic E-state index is 0.0571. The van der Waals surface area contributed by atoms with Crippen molar-refractivity contribution >= 4 is 29.8 Å². The number of nitrogens with one attached hydrogen (secondary N) is 1. The Bertz CT molecular complexity index is 1210. The first-order chi connectivity index (χ1) is 18.5. The highest BCUT2D eigenvalue weighted by atomic mass is 16.7. The molecule has 1 saturated heterocycles. The molecule has 1 aliphatic heterocycles. The Kier molecular flexibility index (Phi) is 9.70. The molecule has 3 heterocycles. The van der Waals surface area contributed by atoms with Crippen LogP contribution in [0.4, 0.5) is 0 Å². The lowest BCUT2D eigenvalue weighted by atomic mass is 9.97. The maximum absolute atomic E-state index is 12.4. The third-order valence-corrected chi connectivity index (χ3v) is 5.35. The zero-order chi connectivity index (χ0) is 28.7. The van der Waals surface area contributed by atoms with Gasteiger partial charge in [0.1, 0.15) is 24.2 Å². The first-order valence-corrected chi connectivity index (χ1v) is 11.9. The van der Waals surface area contributed by atoms with Gasteiger partial charge < -0.3 is 33.5 Å². The van der Waals surface area contributed by atoms with Gasteiger partial charge in [0, 0.05) is 40.2 Å². The summed E-state index contributed by atoms with van der Waals surface area (Å²) in [5.74, 6) is -2.85. The Balaban J connectivity index is 1.88. The van der Waals surface area contributed by atoms with E-state index in [1.807, 2.05) is 6.92 Å². The summed E-state index contributed by atoms with van der Waals surface area (Å²) in [6.07, 6.45) is -4.44. The van der Waals surface area contributed by atoms with E-state index in [0.29, 0.717) is 12.2 Å². The number of hydrogen-bond acceptors (Lipinski definition) is 14. The second-order valence-electron chi connectivity index (χ2n) is 8.49. The van der Waals surface area contributed by atoms with E-state index in [1.54, 1.807) is 0 Å². The normalized spacial score (nSPS) is 22.4. The molecule has 1 amide bonds. The van der Waals surface area contributed by atoms with Crippen LogP contribution >= 0.6 is 0 Å². The molecule has 1 fully saturated rings. The summed E-state index contributed by atoms with van der Waals surface area (Å²) >= 11 is 0. The standard InChI is InChI=1S/C23H29N5O11/c1-6-16-7-17(26-39-16)22(33)24-8-15-9-28(27-25-15)23-21(37-14(5)32)20(36-13(4)31)19(35-12(3)30)18(38-23)10-34-11(2)29/h7,9,18-21,23H,6,8,10H2,1-5H3,(H,24,33)/t18-,19-,20+,21-,23-/m1/s1. The van der Waals surface area contributed by atoms with E-state index < -0.39 is 60.4 Å². The molecule has 2 aromatic rings. The van der Waals surface area contributed by atoms with Crippen molar-refractivity contribution in [3.63, 3.8) is 0 Å². The molecule has 0 aliphatic carbocycles. The molecule has 39 heavy (non-hydrogen) atoms. The van der Waals surface area contributed by atoms with Crippen molar-refractivity contribution in [1.29, 1.82) is 0 Å². The molecule has 0 spiro atoms. The Labute approximate surface area is 222 Å². The average molecular weight is 552 g/mol. The SMILES string of the molecule is CCc1cc(C(=O)NCc2cn([C@@H]3O[C@H](COC(C)=O)[C@@H](OC(C)=O)[C@H](OC(C)=O)[C@H]3OC(C)=O)nn2)no1. The Hall–Kier alpha value is -4.34. The fraction of sp³-hybridized carbons (Fsp3) is 0.565. The summed E-state index contributed by atoms with van der Waals surface area (Å²) in [5, 5.41) is 14.3. The molecule has 0 unspecified atom stereocenters. The van der Waals surface area contributed by atoms with E-state index in [0.717, 1.165) is 20.8 Å². The van der Waals surface area contributed by atoms with Gasteiger partial charge >= 0.3 is 23.9 Å². The molecule has 0 bridgehead atoms. The topological polar surface area (TPSA) is 200 Å².